The van der Waals surface area contributed by atoms with Crippen LogP contribution in [0.2, 0.25) is 5.02 Å². The third-order valence-electron chi connectivity index (χ3n) is 4.80. The van der Waals surface area contributed by atoms with Crippen LogP contribution in [0.15, 0.2) is 18.2 Å². The molecular weight excluding hydrogens is 371 g/mol. The third-order valence-corrected chi connectivity index (χ3v) is 5.04. The maximum Gasteiger partial charge on any atom is 0.418 e. The van der Waals surface area contributed by atoms with Gasteiger partial charge in [-0.15, -0.1) is 0 Å². The number of nitrogens with one attached hydrogen (secondary N) is 1. The molecule has 2 amide bonds. The van der Waals surface area contributed by atoms with E-state index < -0.39 is 29.5 Å². The fourth-order valence-electron chi connectivity index (χ4n) is 3.10. The molecule has 1 saturated heterocycles. The summed E-state index contributed by atoms with van der Waals surface area (Å²) in [5, 5.41) is 2.24. The van der Waals surface area contributed by atoms with Crippen molar-refractivity contribution >= 4 is 29.1 Å². The number of piperazine rings is 1. The Morgan fingerprint density at radius 3 is 2.42 bits per heavy atom. The van der Waals surface area contributed by atoms with Gasteiger partial charge in [-0.1, -0.05) is 11.6 Å². The number of likely N-dealkylation sites (N-methyl/N-ethyl adjacent to an activating group) is 1. The van der Waals surface area contributed by atoms with Gasteiger partial charge in [-0.25, -0.2) is 0 Å². The van der Waals surface area contributed by atoms with Gasteiger partial charge < -0.3 is 15.1 Å². The van der Waals surface area contributed by atoms with Crippen LogP contribution in [0, 0.1) is 11.8 Å². The summed E-state index contributed by atoms with van der Waals surface area (Å²) in [5.74, 6) is -1.69. The lowest BCUT2D eigenvalue weighted by Crippen LogP contribution is -2.48. The zero-order chi connectivity index (χ0) is 19.1. The first kappa shape index (κ1) is 19.0. The first-order chi connectivity index (χ1) is 12.2. The van der Waals surface area contributed by atoms with Crippen LogP contribution in [0.5, 0.6) is 0 Å². The highest BCUT2D eigenvalue weighted by atomic mass is 35.5. The number of hydrogen-bond donors (Lipinski definition) is 1. The minimum Gasteiger partial charge on any atom is -0.340 e. The van der Waals surface area contributed by atoms with Gasteiger partial charge in [0, 0.05) is 31.2 Å². The molecule has 1 saturated carbocycles. The number of halogens is 4. The molecule has 0 aromatic heterocycles. The van der Waals surface area contributed by atoms with Crippen LogP contribution < -0.4 is 5.32 Å². The van der Waals surface area contributed by atoms with Gasteiger partial charge in [0.2, 0.25) is 11.8 Å². The summed E-state index contributed by atoms with van der Waals surface area (Å²) >= 11 is 5.63. The van der Waals surface area contributed by atoms with Gasteiger partial charge in [-0.05, 0) is 31.7 Å². The van der Waals surface area contributed by atoms with Crippen molar-refractivity contribution in [2.45, 2.75) is 12.6 Å². The minimum atomic E-state index is -4.63. The highest BCUT2D eigenvalue weighted by Gasteiger charge is 2.50. The number of alkyl halides is 3. The molecule has 5 nitrogen and oxygen atoms in total. The highest BCUT2D eigenvalue weighted by molar-refractivity contribution is 6.30. The van der Waals surface area contributed by atoms with Crippen molar-refractivity contribution in [3.8, 4) is 0 Å². The summed E-state index contributed by atoms with van der Waals surface area (Å²) in [6.07, 6.45) is -4.27. The van der Waals surface area contributed by atoms with Crippen LogP contribution in [0.25, 0.3) is 0 Å². The topological polar surface area (TPSA) is 52.7 Å². The van der Waals surface area contributed by atoms with Crippen molar-refractivity contribution in [3.05, 3.63) is 28.8 Å². The molecule has 0 spiro atoms. The van der Waals surface area contributed by atoms with Crippen LogP contribution >= 0.6 is 11.6 Å². The van der Waals surface area contributed by atoms with E-state index in [1.807, 2.05) is 7.05 Å². The second-order valence-electron chi connectivity index (χ2n) is 6.75. The molecule has 1 aromatic rings. The lowest BCUT2D eigenvalue weighted by molar-refractivity contribution is -0.137. The van der Waals surface area contributed by atoms with Gasteiger partial charge in [0.1, 0.15) is 0 Å². The molecule has 0 radical (unpaired) electrons. The number of rotatable bonds is 3. The second kappa shape index (κ2) is 7.08. The predicted octanol–water partition coefficient (Wildman–Crippen LogP) is 2.71. The Labute approximate surface area is 154 Å². The molecule has 1 N–H and O–H groups in total. The number of amides is 2. The zero-order valence-corrected chi connectivity index (χ0v) is 14.9. The van der Waals surface area contributed by atoms with Crippen molar-refractivity contribution < 1.29 is 22.8 Å². The second-order valence-corrected chi connectivity index (χ2v) is 7.19. The van der Waals surface area contributed by atoms with Crippen molar-refractivity contribution in [2.75, 3.05) is 38.5 Å². The number of anilines is 1. The summed E-state index contributed by atoms with van der Waals surface area (Å²) in [6, 6.07) is 3.19. The van der Waals surface area contributed by atoms with Gasteiger partial charge >= 0.3 is 6.18 Å². The summed E-state index contributed by atoms with van der Waals surface area (Å²) in [6.45, 7) is 2.76. The Kier molecular flexibility index (Phi) is 5.16. The van der Waals surface area contributed by atoms with E-state index in [0.29, 0.717) is 19.5 Å². The Morgan fingerprint density at radius 2 is 1.81 bits per heavy atom. The van der Waals surface area contributed by atoms with Crippen molar-refractivity contribution in [3.63, 3.8) is 0 Å². The Bertz CT molecular complexity index is 718. The zero-order valence-electron chi connectivity index (χ0n) is 14.1. The molecule has 142 valence electrons. The summed E-state index contributed by atoms with van der Waals surface area (Å²) in [7, 11) is 1.97. The number of nitrogens with zero attached hydrogens (tertiary/aromatic N) is 2. The molecule has 0 bridgehead atoms. The molecule has 2 atom stereocenters. The molecule has 1 heterocycles. The molecule has 1 aliphatic carbocycles. The first-order valence-electron chi connectivity index (χ1n) is 8.32. The number of carbonyl (C=O) groups excluding carboxylic acids is 2. The molecule has 3 rings (SSSR count). The van der Waals surface area contributed by atoms with E-state index in [0.717, 1.165) is 25.2 Å². The number of benzene rings is 1. The van der Waals surface area contributed by atoms with Crippen LogP contribution in [0.1, 0.15) is 12.0 Å². The average Bonchev–Trinajstić information content (AvgIpc) is 3.36. The quantitative estimate of drug-likeness (QED) is 0.864. The molecule has 2 unspecified atom stereocenters. The van der Waals surface area contributed by atoms with E-state index in [9.17, 15) is 22.8 Å². The Balaban J connectivity index is 1.63. The van der Waals surface area contributed by atoms with Crippen LogP contribution in [0.3, 0.4) is 0 Å². The van der Waals surface area contributed by atoms with E-state index in [2.05, 4.69) is 10.2 Å². The normalized spacial score (nSPS) is 23.7. The summed E-state index contributed by atoms with van der Waals surface area (Å²) in [5.41, 5.74) is -1.34. The molecular formula is C17H19ClF3N3O2. The first-order valence-corrected chi connectivity index (χ1v) is 8.69. The average molecular weight is 390 g/mol. The number of hydrogen-bond acceptors (Lipinski definition) is 3. The van der Waals surface area contributed by atoms with E-state index in [4.69, 9.17) is 11.6 Å². The smallest absolute Gasteiger partial charge is 0.340 e. The van der Waals surface area contributed by atoms with Gasteiger partial charge in [-0.2, -0.15) is 13.2 Å². The molecule has 2 aliphatic rings. The van der Waals surface area contributed by atoms with Crippen molar-refractivity contribution in [2.24, 2.45) is 11.8 Å². The molecule has 1 aromatic carbocycles. The van der Waals surface area contributed by atoms with Crippen molar-refractivity contribution in [1.82, 2.24) is 9.80 Å². The highest BCUT2D eigenvalue weighted by Crippen LogP contribution is 2.42. The molecule has 26 heavy (non-hydrogen) atoms. The fraction of sp³-hybridized carbons (Fsp3) is 0.529. The van der Waals surface area contributed by atoms with Crippen molar-refractivity contribution in [1.29, 1.82) is 0 Å². The Morgan fingerprint density at radius 1 is 1.15 bits per heavy atom. The van der Waals surface area contributed by atoms with Gasteiger partial charge in [0.05, 0.1) is 23.1 Å². The van der Waals surface area contributed by atoms with E-state index >= 15 is 0 Å². The lowest BCUT2D eigenvalue weighted by Gasteiger charge is -2.32. The van der Waals surface area contributed by atoms with Crippen LogP contribution in [-0.2, 0) is 15.8 Å². The van der Waals surface area contributed by atoms with E-state index in [-0.39, 0.29) is 16.6 Å². The van der Waals surface area contributed by atoms with E-state index in [1.54, 1.807) is 4.90 Å². The summed E-state index contributed by atoms with van der Waals surface area (Å²) in [4.78, 5) is 28.6. The SMILES string of the molecule is CN1CCN(C(=O)C2CC2C(=O)Nc2ccc(Cl)cc2C(F)(F)F)CC1. The molecule has 9 heteroatoms. The molecule has 2 fully saturated rings. The predicted molar refractivity (Wildman–Crippen MR) is 90.8 cm³/mol. The maximum atomic E-state index is 13.1. The van der Waals surface area contributed by atoms with Crippen LogP contribution in [0.4, 0.5) is 18.9 Å². The molecule has 1 aliphatic heterocycles. The minimum absolute atomic E-state index is 0.0649. The van der Waals surface area contributed by atoms with Gasteiger partial charge in [0.15, 0.2) is 0 Å². The third kappa shape index (κ3) is 4.12. The van der Waals surface area contributed by atoms with E-state index in [1.165, 1.54) is 6.07 Å². The fourth-order valence-corrected chi connectivity index (χ4v) is 3.28. The number of carbonyl (C=O) groups is 2. The van der Waals surface area contributed by atoms with Crippen LogP contribution in [-0.4, -0.2) is 54.8 Å². The standard InChI is InChI=1S/C17H19ClF3N3O2/c1-23-4-6-24(7-5-23)16(26)12-9-11(12)15(25)22-14-3-2-10(18)8-13(14)17(19,20)21/h2-3,8,11-12H,4-7,9H2,1H3,(H,22,25). The summed E-state index contributed by atoms with van der Waals surface area (Å²) < 4.78 is 39.3. The largest absolute Gasteiger partial charge is 0.418 e. The maximum absolute atomic E-state index is 13.1. The lowest BCUT2D eigenvalue weighted by atomic mass is 10.1. The monoisotopic (exact) mass is 389 g/mol. The van der Waals surface area contributed by atoms with Gasteiger partial charge in [0.25, 0.3) is 0 Å². The Hall–Kier alpha value is -1.80. The van der Waals surface area contributed by atoms with Gasteiger partial charge in [-0.3, -0.25) is 9.59 Å².